The lowest BCUT2D eigenvalue weighted by molar-refractivity contribution is 0.463. The SMILES string of the molecule is Cc1cccc(C)c1N(C(C)C)C(C)CC(C)N(c1c(C)cccc1C)C(C)C. The first kappa shape index (κ1) is 23.3. The van der Waals surface area contributed by atoms with E-state index in [1.54, 1.807) is 0 Å². The van der Waals surface area contributed by atoms with Crippen LogP contribution in [0.2, 0.25) is 0 Å². The summed E-state index contributed by atoms with van der Waals surface area (Å²) in [6.07, 6.45) is 1.12. The van der Waals surface area contributed by atoms with Gasteiger partial charge in [-0.3, -0.25) is 0 Å². The van der Waals surface area contributed by atoms with E-state index >= 15 is 0 Å². The second-order valence-corrected chi connectivity index (χ2v) is 9.42. The average molecular weight is 395 g/mol. The van der Waals surface area contributed by atoms with Gasteiger partial charge in [-0.2, -0.15) is 0 Å². The first-order valence-electron chi connectivity index (χ1n) is 11.2. The fourth-order valence-corrected chi connectivity index (χ4v) is 5.12. The normalized spacial score (nSPS) is 13.7. The number of benzene rings is 2. The van der Waals surface area contributed by atoms with Gasteiger partial charge in [0.05, 0.1) is 0 Å². The molecule has 0 fully saturated rings. The van der Waals surface area contributed by atoms with Gasteiger partial charge in [0, 0.05) is 35.5 Å². The zero-order chi connectivity index (χ0) is 21.9. The van der Waals surface area contributed by atoms with Crippen LogP contribution in [0.5, 0.6) is 0 Å². The minimum Gasteiger partial charge on any atom is -0.366 e. The summed E-state index contributed by atoms with van der Waals surface area (Å²) in [5.41, 5.74) is 8.29. The quantitative estimate of drug-likeness (QED) is 0.466. The monoisotopic (exact) mass is 394 g/mol. The highest BCUT2D eigenvalue weighted by atomic mass is 15.2. The van der Waals surface area contributed by atoms with Crippen molar-refractivity contribution >= 4 is 11.4 Å². The predicted molar refractivity (Wildman–Crippen MR) is 131 cm³/mol. The summed E-state index contributed by atoms with van der Waals surface area (Å²) in [7, 11) is 0. The summed E-state index contributed by atoms with van der Waals surface area (Å²) in [5.74, 6) is 0. The van der Waals surface area contributed by atoms with Crippen molar-refractivity contribution in [3.8, 4) is 0 Å². The minimum absolute atomic E-state index is 0.454. The summed E-state index contributed by atoms with van der Waals surface area (Å²) >= 11 is 0. The van der Waals surface area contributed by atoms with E-state index in [4.69, 9.17) is 0 Å². The van der Waals surface area contributed by atoms with Gasteiger partial charge in [0.2, 0.25) is 0 Å². The molecule has 29 heavy (non-hydrogen) atoms. The van der Waals surface area contributed by atoms with Gasteiger partial charge in [0.25, 0.3) is 0 Å². The minimum atomic E-state index is 0.454. The molecule has 2 atom stereocenters. The molecule has 2 nitrogen and oxygen atoms in total. The van der Waals surface area contributed by atoms with Gasteiger partial charge >= 0.3 is 0 Å². The van der Waals surface area contributed by atoms with Crippen LogP contribution >= 0.6 is 0 Å². The molecule has 0 spiro atoms. The van der Waals surface area contributed by atoms with Crippen molar-refractivity contribution in [3.63, 3.8) is 0 Å². The summed E-state index contributed by atoms with van der Waals surface area (Å²) in [4.78, 5) is 5.26. The zero-order valence-corrected chi connectivity index (χ0v) is 20.4. The molecule has 0 saturated heterocycles. The second-order valence-electron chi connectivity index (χ2n) is 9.42. The fraction of sp³-hybridized carbons (Fsp3) is 0.556. The molecule has 2 unspecified atom stereocenters. The van der Waals surface area contributed by atoms with Crippen molar-refractivity contribution in [1.82, 2.24) is 0 Å². The van der Waals surface area contributed by atoms with Crippen molar-refractivity contribution in [1.29, 1.82) is 0 Å². The average Bonchev–Trinajstić information content (AvgIpc) is 2.60. The van der Waals surface area contributed by atoms with E-state index in [1.807, 2.05) is 0 Å². The number of rotatable bonds is 8. The summed E-state index contributed by atoms with van der Waals surface area (Å²) in [6, 6.07) is 15.1. The molecule has 2 aromatic rings. The Kier molecular flexibility index (Phi) is 7.80. The van der Waals surface area contributed by atoms with E-state index in [-0.39, 0.29) is 0 Å². The third-order valence-corrected chi connectivity index (χ3v) is 6.14. The van der Waals surface area contributed by atoms with E-state index in [1.165, 1.54) is 33.6 Å². The molecule has 0 N–H and O–H groups in total. The first-order chi connectivity index (χ1) is 13.6. The van der Waals surface area contributed by atoms with Gasteiger partial charge < -0.3 is 9.80 Å². The number of hydrogen-bond acceptors (Lipinski definition) is 2. The molecule has 160 valence electrons. The smallest absolute Gasteiger partial charge is 0.0430 e. The highest BCUT2D eigenvalue weighted by Gasteiger charge is 2.27. The van der Waals surface area contributed by atoms with Crippen molar-refractivity contribution < 1.29 is 0 Å². The van der Waals surface area contributed by atoms with Gasteiger partial charge in [-0.05, 0) is 97.9 Å². The van der Waals surface area contributed by atoms with Crippen LogP contribution < -0.4 is 9.80 Å². The zero-order valence-electron chi connectivity index (χ0n) is 20.4. The lowest BCUT2D eigenvalue weighted by Gasteiger charge is -2.42. The largest absolute Gasteiger partial charge is 0.366 e. The van der Waals surface area contributed by atoms with Crippen LogP contribution in [0.4, 0.5) is 11.4 Å². The van der Waals surface area contributed by atoms with Crippen LogP contribution in [0.3, 0.4) is 0 Å². The Balaban J connectivity index is 2.36. The Morgan fingerprint density at radius 2 is 0.828 bits per heavy atom. The molecule has 2 aromatic carbocycles. The molecule has 2 heteroatoms. The molecule has 0 bridgehead atoms. The Labute approximate surface area is 179 Å². The second kappa shape index (κ2) is 9.69. The number of nitrogens with zero attached hydrogens (tertiary/aromatic N) is 2. The van der Waals surface area contributed by atoms with Gasteiger partial charge in [0.1, 0.15) is 0 Å². The van der Waals surface area contributed by atoms with Crippen molar-refractivity contribution in [2.45, 2.75) is 99.8 Å². The van der Waals surface area contributed by atoms with Gasteiger partial charge in [-0.25, -0.2) is 0 Å². The van der Waals surface area contributed by atoms with Crippen molar-refractivity contribution in [2.75, 3.05) is 9.80 Å². The molecule has 0 aliphatic rings. The van der Waals surface area contributed by atoms with Gasteiger partial charge in [-0.15, -0.1) is 0 Å². The van der Waals surface area contributed by atoms with Crippen molar-refractivity contribution in [3.05, 3.63) is 58.7 Å². The highest BCUT2D eigenvalue weighted by Crippen LogP contribution is 2.33. The van der Waals surface area contributed by atoms with E-state index in [0.29, 0.717) is 24.2 Å². The van der Waals surface area contributed by atoms with Gasteiger partial charge in [0.15, 0.2) is 0 Å². The summed E-state index contributed by atoms with van der Waals surface area (Å²) in [5, 5.41) is 0. The molecule has 2 rings (SSSR count). The van der Waals surface area contributed by atoms with E-state index in [2.05, 4.69) is 115 Å². The third-order valence-electron chi connectivity index (χ3n) is 6.14. The van der Waals surface area contributed by atoms with Crippen LogP contribution in [-0.2, 0) is 0 Å². The topological polar surface area (TPSA) is 6.48 Å². The molecule has 0 aliphatic heterocycles. The van der Waals surface area contributed by atoms with E-state index < -0.39 is 0 Å². The molecular weight excluding hydrogens is 352 g/mol. The Morgan fingerprint density at radius 1 is 0.552 bits per heavy atom. The standard InChI is InChI=1S/C27H42N2/c1-18(2)28(26-20(5)13-11-14-21(26)6)24(9)17-25(10)29(19(3)4)27-22(7)15-12-16-23(27)8/h11-16,18-19,24-25H,17H2,1-10H3. The Morgan fingerprint density at radius 3 is 1.07 bits per heavy atom. The summed E-state index contributed by atoms with van der Waals surface area (Å²) in [6.45, 7) is 23.0. The van der Waals surface area contributed by atoms with E-state index in [9.17, 15) is 0 Å². The maximum atomic E-state index is 2.63. The molecular formula is C27H42N2. The molecule has 0 aliphatic carbocycles. The molecule has 0 radical (unpaired) electrons. The highest BCUT2D eigenvalue weighted by molar-refractivity contribution is 5.61. The first-order valence-corrected chi connectivity index (χ1v) is 11.2. The van der Waals surface area contributed by atoms with E-state index in [0.717, 1.165) is 6.42 Å². The third kappa shape index (κ3) is 5.15. The molecule has 0 heterocycles. The van der Waals surface area contributed by atoms with Crippen molar-refractivity contribution in [2.24, 2.45) is 0 Å². The lowest BCUT2D eigenvalue weighted by Crippen LogP contribution is -2.46. The summed E-state index contributed by atoms with van der Waals surface area (Å²) < 4.78 is 0. The number of hydrogen-bond donors (Lipinski definition) is 0. The molecule has 0 saturated carbocycles. The maximum Gasteiger partial charge on any atom is 0.0430 e. The Hall–Kier alpha value is -1.96. The molecule has 0 amide bonds. The van der Waals surface area contributed by atoms with Crippen LogP contribution in [0.1, 0.15) is 70.2 Å². The predicted octanol–water partition coefficient (Wildman–Crippen LogP) is 7.22. The van der Waals surface area contributed by atoms with Crippen LogP contribution in [-0.4, -0.2) is 24.2 Å². The number of anilines is 2. The van der Waals surface area contributed by atoms with Gasteiger partial charge in [-0.1, -0.05) is 36.4 Å². The van der Waals surface area contributed by atoms with Crippen LogP contribution in [0.15, 0.2) is 36.4 Å². The lowest BCUT2D eigenvalue weighted by atomic mass is 9.98. The van der Waals surface area contributed by atoms with Crippen LogP contribution in [0, 0.1) is 27.7 Å². The fourth-order valence-electron chi connectivity index (χ4n) is 5.12. The molecule has 0 aromatic heterocycles. The maximum absolute atomic E-state index is 2.63. The van der Waals surface area contributed by atoms with Crippen LogP contribution in [0.25, 0.3) is 0 Å². The number of para-hydroxylation sites is 2. The Bertz CT molecular complexity index is 698. The number of aryl methyl sites for hydroxylation is 4.